The van der Waals surface area contributed by atoms with E-state index in [-0.39, 0.29) is 5.91 Å². The third kappa shape index (κ3) is 6.29. The van der Waals surface area contributed by atoms with Gasteiger partial charge in [0, 0.05) is 38.3 Å². The summed E-state index contributed by atoms with van der Waals surface area (Å²) in [5.74, 6) is 0.476. The van der Waals surface area contributed by atoms with Gasteiger partial charge in [0.05, 0.1) is 4.99 Å². The van der Waals surface area contributed by atoms with Crippen LogP contribution in [-0.4, -0.2) is 27.3 Å². The number of hydrogen-bond donors (Lipinski definition) is 1. The minimum absolute atomic E-state index is 0.134. The van der Waals surface area contributed by atoms with E-state index in [0.717, 1.165) is 5.56 Å². The monoisotopic (exact) mass is 279 g/mol. The summed E-state index contributed by atoms with van der Waals surface area (Å²) < 4.78 is 0. The summed E-state index contributed by atoms with van der Waals surface area (Å²) >= 11 is 4.88. The van der Waals surface area contributed by atoms with Crippen molar-refractivity contribution in [1.29, 1.82) is 0 Å². The maximum absolute atomic E-state index is 12.2. The molecule has 1 heterocycles. The summed E-state index contributed by atoms with van der Waals surface area (Å²) in [6, 6.07) is 3.83. The zero-order valence-electron chi connectivity index (χ0n) is 11.5. The molecule has 1 aromatic heterocycles. The van der Waals surface area contributed by atoms with E-state index in [2.05, 4.69) is 4.98 Å². The van der Waals surface area contributed by atoms with Crippen molar-refractivity contribution >= 4 is 23.1 Å². The summed E-state index contributed by atoms with van der Waals surface area (Å²) in [5.41, 5.74) is 6.53. The van der Waals surface area contributed by atoms with E-state index in [1.54, 1.807) is 17.3 Å². The molecule has 1 rings (SSSR count). The van der Waals surface area contributed by atoms with E-state index in [4.69, 9.17) is 18.0 Å². The maximum Gasteiger partial charge on any atom is 0.223 e. The van der Waals surface area contributed by atoms with Crippen molar-refractivity contribution in [2.75, 3.05) is 6.54 Å². The molecule has 0 aliphatic carbocycles. The number of rotatable bonds is 7. The summed E-state index contributed by atoms with van der Waals surface area (Å²) in [6.45, 7) is 5.19. The Morgan fingerprint density at radius 1 is 1.53 bits per heavy atom. The summed E-state index contributed by atoms with van der Waals surface area (Å²) in [6.07, 6.45) is 4.59. The Hall–Kier alpha value is -1.49. The van der Waals surface area contributed by atoms with Crippen LogP contribution in [0.25, 0.3) is 0 Å². The topological polar surface area (TPSA) is 59.2 Å². The second-order valence-corrected chi connectivity index (χ2v) is 5.52. The molecule has 104 valence electrons. The average Bonchev–Trinajstić information content (AvgIpc) is 2.34. The molecule has 5 heteroatoms. The minimum atomic E-state index is 0.134. The lowest BCUT2D eigenvalue weighted by atomic mass is 10.1. The first kappa shape index (κ1) is 15.6. The highest BCUT2D eigenvalue weighted by atomic mass is 32.1. The molecule has 0 saturated carbocycles. The Morgan fingerprint density at radius 3 is 2.79 bits per heavy atom. The fraction of sp³-hybridized carbons (Fsp3) is 0.500. The van der Waals surface area contributed by atoms with Gasteiger partial charge >= 0.3 is 0 Å². The molecule has 0 bridgehead atoms. The zero-order chi connectivity index (χ0) is 14.3. The Kier molecular flexibility index (Phi) is 6.42. The van der Waals surface area contributed by atoms with Crippen molar-refractivity contribution in [3.8, 4) is 0 Å². The number of hydrogen-bond acceptors (Lipinski definition) is 3. The molecule has 0 aliphatic heterocycles. The molecule has 4 nitrogen and oxygen atoms in total. The first-order valence-corrected chi connectivity index (χ1v) is 6.85. The summed E-state index contributed by atoms with van der Waals surface area (Å²) in [5, 5.41) is 0. The van der Waals surface area contributed by atoms with Crippen LogP contribution in [0.3, 0.4) is 0 Å². The quantitative estimate of drug-likeness (QED) is 0.777. The van der Waals surface area contributed by atoms with Crippen molar-refractivity contribution in [2.24, 2.45) is 11.7 Å². The van der Waals surface area contributed by atoms with Crippen LogP contribution in [0.15, 0.2) is 24.5 Å². The molecule has 0 atom stereocenters. The molecule has 19 heavy (non-hydrogen) atoms. The van der Waals surface area contributed by atoms with Crippen LogP contribution in [0.5, 0.6) is 0 Å². The van der Waals surface area contributed by atoms with E-state index >= 15 is 0 Å². The lowest BCUT2D eigenvalue weighted by Crippen LogP contribution is -2.34. The van der Waals surface area contributed by atoms with Gasteiger partial charge in [-0.15, -0.1) is 0 Å². The van der Waals surface area contributed by atoms with Crippen LogP contribution in [-0.2, 0) is 11.3 Å². The predicted octanol–water partition coefficient (Wildman–Crippen LogP) is 2.13. The van der Waals surface area contributed by atoms with Crippen molar-refractivity contribution in [1.82, 2.24) is 9.88 Å². The van der Waals surface area contributed by atoms with Gasteiger partial charge in [-0.3, -0.25) is 9.78 Å². The fourth-order valence-electron chi connectivity index (χ4n) is 1.73. The number of pyridine rings is 1. The maximum atomic E-state index is 12.2. The highest BCUT2D eigenvalue weighted by molar-refractivity contribution is 7.80. The van der Waals surface area contributed by atoms with E-state index in [1.165, 1.54) is 0 Å². The number of carbonyl (C=O) groups is 1. The van der Waals surface area contributed by atoms with Gasteiger partial charge in [-0.25, -0.2) is 0 Å². The third-order valence-corrected chi connectivity index (χ3v) is 2.86. The van der Waals surface area contributed by atoms with Crippen LogP contribution in [0.2, 0.25) is 0 Å². The van der Waals surface area contributed by atoms with Crippen LogP contribution in [0.4, 0.5) is 0 Å². The van der Waals surface area contributed by atoms with E-state index < -0.39 is 0 Å². The normalized spacial score (nSPS) is 10.5. The minimum Gasteiger partial charge on any atom is -0.393 e. The molecule has 1 aromatic rings. The summed E-state index contributed by atoms with van der Waals surface area (Å²) in [4.78, 5) is 18.5. The molecule has 0 spiro atoms. The Morgan fingerprint density at radius 2 is 2.26 bits per heavy atom. The SMILES string of the molecule is CC(C)CC(=O)N(CCC(N)=S)Cc1cccnc1. The number of amides is 1. The first-order chi connectivity index (χ1) is 8.99. The van der Waals surface area contributed by atoms with Crippen LogP contribution < -0.4 is 5.73 Å². The van der Waals surface area contributed by atoms with Crippen LogP contribution in [0, 0.1) is 5.92 Å². The Bertz CT molecular complexity index is 420. The molecular weight excluding hydrogens is 258 g/mol. The number of carbonyl (C=O) groups excluding carboxylic acids is 1. The van der Waals surface area contributed by atoms with Crippen molar-refractivity contribution in [2.45, 2.75) is 33.2 Å². The average molecular weight is 279 g/mol. The number of nitrogens with zero attached hydrogens (tertiary/aromatic N) is 2. The van der Waals surface area contributed by atoms with Gasteiger partial charge in [0.1, 0.15) is 0 Å². The van der Waals surface area contributed by atoms with Crippen molar-refractivity contribution in [3.63, 3.8) is 0 Å². The molecule has 1 amide bonds. The zero-order valence-corrected chi connectivity index (χ0v) is 12.3. The van der Waals surface area contributed by atoms with E-state index in [1.807, 2.05) is 26.0 Å². The smallest absolute Gasteiger partial charge is 0.223 e. The summed E-state index contributed by atoms with van der Waals surface area (Å²) in [7, 11) is 0. The van der Waals surface area contributed by atoms with E-state index in [9.17, 15) is 4.79 Å². The van der Waals surface area contributed by atoms with Gasteiger partial charge < -0.3 is 10.6 Å². The highest BCUT2D eigenvalue weighted by Gasteiger charge is 2.15. The molecule has 0 fully saturated rings. The predicted molar refractivity (Wildman–Crippen MR) is 80.5 cm³/mol. The van der Waals surface area contributed by atoms with Gasteiger partial charge in [-0.2, -0.15) is 0 Å². The molecule has 0 saturated heterocycles. The third-order valence-electron chi connectivity index (χ3n) is 2.66. The van der Waals surface area contributed by atoms with Crippen molar-refractivity contribution in [3.05, 3.63) is 30.1 Å². The first-order valence-electron chi connectivity index (χ1n) is 6.44. The van der Waals surface area contributed by atoms with Crippen LogP contribution in [0.1, 0.15) is 32.3 Å². The van der Waals surface area contributed by atoms with Gasteiger partial charge in [-0.05, 0) is 17.5 Å². The molecular formula is C14H21N3OS. The lowest BCUT2D eigenvalue weighted by Gasteiger charge is -2.23. The highest BCUT2D eigenvalue weighted by Crippen LogP contribution is 2.09. The van der Waals surface area contributed by atoms with Gasteiger partial charge in [0.15, 0.2) is 0 Å². The molecule has 2 N–H and O–H groups in total. The van der Waals surface area contributed by atoms with Crippen LogP contribution >= 0.6 is 12.2 Å². The Labute approximate surface area is 120 Å². The second-order valence-electron chi connectivity index (χ2n) is 4.99. The molecule has 0 aromatic carbocycles. The van der Waals surface area contributed by atoms with E-state index in [0.29, 0.717) is 36.8 Å². The van der Waals surface area contributed by atoms with Gasteiger partial charge in [0.2, 0.25) is 5.91 Å². The van der Waals surface area contributed by atoms with Gasteiger partial charge in [-0.1, -0.05) is 32.1 Å². The van der Waals surface area contributed by atoms with Crippen molar-refractivity contribution < 1.29 is 4.79 Å². The number of nitrogens with two attached hydrogens (primary N) is 1. The lowest BCUT2D eigenvalue weighted by molar-refractivity contribution is -0.132. The second kappa shape index (κ2) is 7.84. The Balaban J connectivity index is 2.68. The standard InChI is InChI=1S/C14H21N3OS/c1-11(2)8-14(18)17(7-5-13(15)19)10-12-4-3-6-16-9-12/h3-4,6,9,11H,5,7-8,10H2,1-2H3,(H2,15,19). The molecule has 0 radical (unpaired) electrons. The molecule has 0 aliphatic rings. The number of thiocarbonyl (C=S) groups is 1. The molecule has 0 unspecified atom stereocenters. The van der Waals surface area contributed by atoms with Gasteiger partial charge in [0.25, 0.3) is 0 Å². The largest absolute Gasteiger partial charge is 0.393 e. The number of aromatic nitrogens is 1. The fourth-order valence-corrected chi connectivity index (χ4v) is 1.82.